The number of Topliss-reactive ketones (excluding diaryl/α,β-unsaturated/α-hetero) is 1. The topological polar surface area (TPSA) is 55.8 Å². The fraction of sp³-hybridized carbons (Fsp3) is 0.652. The van der Waals surface area contributed by atoms with E-state index in [1.807, 2.05) is 6.07 Å². The van der Waals surface area contributed by atoms with Gasteiger partial charge in [0.2, 0.25) is 0 Å². The van der Waals surface area contributed by atoms with Crippen molar-refractivity contribution in [1.29, 1.82) is 0 Å². The number of nitrogens with zero attached hydrogens (tertiary/aromatic N) is 1. The molecule has 0 N–H and O–H groups in total. The van der Waals surface area contributed by atoms with E-state index in [4.69, 9.17) is 9.47 Å². The molecule has 2 bridgehead atoms. The van der Waals surface area contributed by atoms with Crippen molar-refractivity contribution >= 4 is 11.8 Å². The number of ether oxygens (including phenoxy) is 2. The van der Waals surface area contributed by atoms with Gasteiger partial charge in [0.05, 0.1) is 0 Å². The van der Waals surface area contributed by atoms with Gasteiger partial charge < -0.3 is 9.47 Å². The molecule has 2 heterocycles. The average Bonchev–Trinajstić information content (AvgIpc) is 3.38. The van der Waals surface area contributed by atoms with E-state index in [9.17, 15) is 9.59 Å². The Morgan fingerprint density at radius 2 is 2.07 bits per heavy atom. The highest BCUT2D eigenvalue weighted by Gasteiger charge is 2.61. The van der Waals surface area contributed by atoms with Gasteiger partial charge >= 0.3 is 5.97 Å². The molecule has 1 saturated heterocycles. The van der Waals surface area contributed by atoms with E-state index in [0.717, 1.165) is 37.3 Å². The molecular weight excluding hydrogens is 354 g/mol. The molecule has 2 fully saturated rings. The van der Waals surface area contributed by atoms with Gasteiger partial charge in [-0.3, -0.25) is 14.5 Å². The minimum Gasteiger partial charge on any atom is -0.477 e. The highest BCUT2D eigenvalue weighted by Crippen LogP contribution is 2.60. The summed E-state index contributed by atoms with van der Waals surface area (Å²) in [6, 6.07) is 4.38. The predicted molar refractivity (Wildman–Crippen MR) is 105 cm³/mol. The zero-order valence-corrected chi connectivity index (χ0v) is 17.0. The highest BCUT2D eigenvalue weighted by molar-refractivity contribution is 5.86. The number of ketones is 1. The molecule has 2 aliphatic carbocycles. The summed E-state index contributed by atoms with van der Waals surface area (Å²) in [5.41, 5.74) is 2.09. The molecule has 2 aliphatic heterocycles. The highest BCUT2D eigenvalue weighted by atomic mass is 16.6. The number of carbonyl (C=O) groups is 2. The Morgan fingerprint density at radius 1 is 1.29 bits per heavy atom. The number of hydrogen-bond acceptors (Lipinski definition) is 5. The zero-order valence-electron chi connectivity index (χ0n) is 17.0. The monoisotopic (exact) mass is 383 g/mol. The van der Waals surface area contributed by atoms with E-state index >= 15 is 0 Å². The second-order valence-corrected chi connectivity index (χ2v) is 9.27. The first kappa shape index (κ1) is 18.2. The first-order valence-electron chi connectivity index (χ1n) is 10.7. The molecule has 0 amide bonds. The molecule has 1 unspecified atom stereocenters. The van der Waals surface area contributed by atoms with Crippen molar-refractivity contribution in [2.75, 3.05) is 13.1 Å². The number of carbonyl (C=O) groups excluding carboxylic acids is 2. The zero-order chi connectivity index (χ0) is 19.6. The van der Waals surface area contributed by atoms with E-state index in [2.05, 4.69) is 17.9 Å². The van der Waals surface area contributed by atoms with Crippen molar-refractivity contribution in [1.82, 2.24) is 4.90 Å². The fourth-order valence-electron chi connectivity index (χ4n) is 6.18. The van der Waals surface area contributed by atoms with Gasteiger partial charge in [-0.1, -0.05) is 13.0 Å². The lowest BCUT2D eigenvalue weighted by Crippen LogP contribution is -2.56. The third-order valence-corrected chi connectivity index (χ3v) is 7.51. The van der Waals surface area contributed by atoms with Gasteiger partial charge in [0.15, 0.2) is 23.4 Å². The van der Waals surface area contributed by atoms with E-state index < -0.39 is 6.10 Å². The minimum absolute atomic E-state index is 0.0686. The number of hydrogen-bond donors (Lipinski definition) is 0. The van der Waals surface area contributed by atoms with Gasteiger partial charge in [-0.25, -0.2) is 0 Å². The number of fused-ring (bicyclic) bond motifs is 1. The Kier molecular flexibility index (Phi) is 4.10. The maximum absolute atomic E-state index is 12.7. The second-order valence-electron chi connectivity index (χ2n) is 9.27. The van der Waals surface area contributed by atoms with Crippen molar-refractivity contribution in [3.05, 3.63) is 23.3 Å². The van der Waals surface area contributed by atoms with Crippen molar-refractivity contribution in [2.24, 2.45) is 11.8 Å². The Morgan fingerprint density at radius 3 is 2.75 bits per heavy atom. The first-order valence-corrected chi connectivity index (χ1v) is 10.7. The van der Waals surface area contributed by atoms with Crippen LogP contribution in [0.15, 0.2) is 12.1 Å². The Balaban J connectivity index is 1.65. The molecule has 28 heavy (non-hydrogen) atoms. The maximum Gasteiger partial charge on any atom is 0.308 e. The van der Waals surface area contributed by atoms with E-state index in [0.29, 0.717) is 23.5 Å². The van der Waals surface area contributed by atoms with Crippen LogP contribution in [-0.4, -0.2) is 41.9 Å². The third kappa shape index (κ3) is 2.55. The second kappa shape index (κ2) is 6.31. The summed E-state index contributed by atoms with van der Waals surface area (Å²) >= 11 is 0. The van der Waals surface area contributed by atoms with Crippen molar-refractivity contribution in [3.63, 3.8) is 0 Å². The Bertz CT molecular complexity index is 845. The normalized spacial score (nSPS) is 33.6. The lowest BCUT2D eigenvalue weighted by molar-refractivity contribution is -0.132. The van der Waals surface area contributed by atoms with Crippen molar-refractivity contribution < 1.29 is 19.1 Å². The molecule has 1 spiro atoms. The summed E-state index contributed by atoms with van der Waals surface area (Å²) in [6.45, 7) is 7.63. The molecule has 1 aromatic carbocycles. The summed E-state index contributed by atoms with van der Waals surface area (Å²) in [5.74, 6) is 1.97. The quantitative estimate of drug-likeness (QED) is 0.590. The lowest BCUT2D eigenvalue weighted by atomic mass is 9.58. The molecule has 0 aromatic heterocycles. The van der Waals surface area contributed by atoms with Crippen LogP contribution in [0, 0.1) is 11.8 Å². The van der Waals surface area contributed by atoms with Gasteiger partial charge in [0, 0.05) is 30.5 Å². The molecule has 1 aromatic rings. The Hall–Kier alpha value is -1.88. The number of likely N-dealkylation sites (tertiary alicyclic amines) is 1. The first-order chi connectivity index (χ1) is 13.4. The standard InChI is InChI=1S/C23H29NO4/c1-13-18-11-17-7-8-19(27-15(3)26)21-20(17)23(13,22(28-21)14(2)25)9-4-10-24(18)12-16-5-6-16/h7-8,13,16,18,22H,4-6,9-12H2,1-3H3/t13?,18-,22+,23+/m1/s1. The molecular formula is C23H29NO4. The van der Waals surface area contributed by atoms with Crippen LogP contribution in [0.4, 0.5) is 0 Å². The van der Waals surface area contributed by atoms with Crippen LogP contribution in [0.1, 0.15) is 57.6 Å². The van der Waals surface area contributed by atoms with Gasteiger partial charge in [-0.15, -0.1) is 0 Å². The molecule has 5 heteroatoms. The average molecular weight is 383 g/mol. The number of rotatable bonds is 4. The van der Waals surface area contributed by atoms with Crippen molar-refractivity contribution in [2.45, 2.75) is 70.4 Å². The van der Waals surface area contributed by atoms with Crippen LogP contribution in [0.2, 0.25) is 0 Å². The predicted octanol–water partition coefficient (Wildman–Crippen LogP) is 3.27. The van der Waals surface area contributed by atoms with Crippen LogP contribution in [0.5, 0.6) is 11.5 Å². The van der Waals surface area contributed by atoms with E-state index in [-0.39, 0.29) is 17.2 Å². The summed E-state index contributed by atoms with van der Waals surface area (Å²) < 4.78 is 11.8. The summed E-state index contributed by atoms with van der Waals surface area (Å²) in [4.78, 5) is 27.0. The molecule has 4 atom stereocenters. The van der Waals surface area contributed by atoms with Crippen molar-refractivity contribution in [3.8, 4) is 11.5 Å². The SMILES string of the molecule is CC(=O)Oc1ccc2c3c1O[C@@H](C(C)=O)[C@]31CCCN(CC3CC3)[C@H](C2)C1C. The number of benzene rings is 1. The molecule has 5 rings (SSSR count). The molecule has 1 saturated carbocycles. The van der Waals surface area contributed by atoms with Crippen LogP contribution in [-0.2, 0) is 21.4 Å². The molecule has 0 radical (unpaired) electrons. The van der Waals surface area contributed by atoms with E-state index in [1.165, 1.54) is 31.9 Å². The van der Waals surface area contributed by atoms with Crippen LogP contribution in [0.25, 0.3) is 0 Å². The number of esters is 1. The molecule has 150 valence electrons. The lowest BCUT2D eigenvalue weighted by Gasteiger charge is -2.47. The summed E-state index contributed by atoms with van der Waals surface area (Å²) in [7, 11) is 0. The van der Waals surface area contributed by atoms with Crippen LogP contribution < -0.4 is 9.47 Å². The summed E-state index contributed by atoms with van der Waals surface area (Å²) in [5, 5.41) is 0. The van der Waals surface area contributed by atoms with Gasteiger partial charge in [-0.2, -0.15) is 0 Å². The maximum atomic E-state index is 12.7. The minimum atomic E-state index is -0.489. The van der Waals surface area contributed by atoms with Gasteiger partial charge in [-0.05, 0) is 69.0 Å². The van der Waals surface area contributed by atoms with E-state index in [1.54, 1.807) is 6.92 Å². The van der Waals surface area contributed by atoms with Crippen LogP contribution in [0.3, 0.4) is 0 Å². The van der Waals surface area contributed by atoms with Gasteiger partial charge in [0.25, 0.3) is 0 Å². The fourth-order valence-corrected chi connectivity index (χ4v) is 6.18. The third-order valence-electron chi connectivity index (χ3n) is 7.51. The van der Waals surface area contributed by atoms with Gasteiger partial charge in [0.1, 0.15) is 0 Å². The molecule has 5 nitrogen and oxygen atoms in total. The Labute approximate surface area is 166 Å². The smallest absolute Gasteiger partial charge is 0.308 e. The van der Waals surface area contributed by atoms with Crippen LogP contribution >= 0.6 is 0 Å². The summed E-state index contributed by atoms with van der Waals surface area (Å²) in [6.07, 6.45) is 5.21. The molecule has 4 aliphatic rings. The largest absolute Gasteiger partial charge is 0.477 e.